The first-order chi connectivity index (χ1) is 10.3. The van der Waals surface area contributed by atoms with E-state index >= 15 is 0 Å². The van der Waals surface area contributed by atoms with Crippen LogP contribution < -0.4 is 14.8 Å². The highest BCUT2D eigenvalue weighted by Gasteiger charge is 2.18. The van der Waals surface area contributed by atoms with Gasteiger partial charge in [-0.2, -0.15) is 5.26 Å². The van der Waals surface area contributed by atoms with Gasteiger partial charge in [-0.15, -0.1) is 0 Å². The van der Waals surface area contributed by atoms with E-state index in [9.17, 15) is 5.26 Å². The van der Waals surface area contributed by atoms with Crippen molar-refractivity contribution in [2.24, 2.45) is 0 Å². The third-order valence-corrected chi connectivity index (χ3v) is 3.81. The number of anilines is 2. The summed E-state index contributed by atoms with van der Waals surface area (Å²) >= 11 is 0. The van der Waals surface area contributed by atoms with Crippen molar-refractivity contribution in [2.75, 3.05) is 12.1 Å². The van der Waals surface area contributed by atoms with Gasteiger partial charge in [0.05, 0.1) is 5.56 Å². The predicted octanol–water partition coefficient (Wildman–Crippen LogP) is 2.91. The van der Waals surface area contributed by atoms with Gasteiger partial charge in [0.15, 0.2) is 11.5 Å². The highest BCUT2D eigenvalue weighted by molar-refractivity contribution is 5.66. The Hall–Kier alpha value is -2.74. The predicted molar refractivity (Wildman–Crippen MR) is 76.8 cm³/mol. The zero-order valence-corrected chi connectivity index (χ0v) is 11.3. The molecule has 1 N–H and O–H groups in total. The van der Waals surface area contributed by atoms with Crippen LogP contribution in [-0.2, 0) is 12.8 Å². The van der Waals surface area contributed by atoms with Crippen LogP contribution >= 0.6 is 0 Å². The number of rotatable bonds is 2. The fraction of sp³-hybridized carbons (Fsp3) is 0.250. The normalized spacial score (nSPS) is 14.6. The minimum absolute atomic E-state index is 0.249. The zero-order valence-electron chi connectivity index (χ0n) is 11.3. The van der Waals surface area contributed by atoms with E-state index in [1.54, 1.807) is 0 Å². The van der Waals surface area contributed by atoms with Crippen LogP contribution in [0.5, 0.6) is 11.5 Å². The van der Waals surface area contributed by atoms with E-state index < -0.39 is 0 Å². The SMILES string of the molecule is N#Cc1cc2c(nc1Nc1ccc3c(c1)OCO3)CCC2. The number of hydrogen-bond donors (Lipinski definition) is 1. The third-order valence-electron chi connectivity index (χ3n) is 3.81. The smallest absolute Gasteiger partial charge is 0.231 e. The van der Waals surface area contributed by atoms with Crippen molar-refractivity contribution in [3.8, 4) is 17.6 Å². The molecule has 21 heavy (non-hydrogen) atoms. The van der Waals surface area contributed by atoms with Gasteiger partial charge in [0, 0.05) is 17.4 Å². The Morgan fingerprint density at radius 2 is 2.05 bits per heavy atom. The number of nitriles is 1. The van der Waals surface area contributed by atoms with E-state index in [0.29, 0.717) is 17.1 Å². The van der Waals surface area contributed by atoms with Gasteiger partial charge in [0.1, 0.15) is 11.9 Å². The maximum absolute atomic E-state index is 9.31. The lowest BCUT2D eigenvalue weighted by Crippen LogP contribution is -2.00. The van der Waals surface area contributed by atoms with Gasteiger partial charge in [-0.3, -0.25) is 0 Å². The second kappa shape index (κ2) is 4.67. The molecule has 0 unspecified atom stereocenters. The molecule has 1 aliphatic carbocycles. The molecule has 0 spiro atoms. The van der Waals surface area contributed by atoms with E-state index in [4.69, 9.17) is 9.47 Å². The molecule has 104 valence electrons. The monoisotopic (exact) mass is 279 g/mol. The van der Waals surface area contributed by atoms with Crippen LogP contribution in [0.3, 0.4) is 0 Å². The molecule has 5 nitrogen and oxygen atoms in total. The van der Waals surface area contributed by atoms with Crippen molar-refractivity contribution < 1.29 is 9.47 Å². The summed E-state index contributed by atoms with van der Waals surface area (Å²) in [6.07, 6.45) is 3.11. The average molecular weight is 279 g/mol. The quantitative estimate of drug-likeness (QED) is 0.915. The lowest BCUT2D eigenvalue weighted by Gasteiger charge is -2.10. The summed E-state index contributed by atoms with van der Waals surface area (Å²) in [4.78, 5) is 4.61. The maximum Gasteiger partial charge on any atom is 0.231 e. The molecule has 0 saturated carbocycles. The summed E-state index contributed by atoms with van der Waals surface area (Å²) < 4.78 is 10.7. The molecular weight excluding hydrogens is 266 g/mol. The van der Waals surface area contributed by atoms with Crippen LogP contribution in [0, 0.1) is 11.3 Å². The Morgan fingerprint density at radius 3 is 2.95 bits per heavy atom. The van der Waals surface area contributed by atoms with Crippen LogP contribution in [-0.4, -0.2) is 11.8 Å². The van der Waals surface area contributed by atoms with E-state index in [-0.39, 0.29) is 6.79 Å². The average Bonchev–Trinajstić information content (AvgIpc) is 3.13. The molecule has 0 saturated heterocycles. The summed E-state index contributed by atoms with van der Waals surface area (Å²) in [5.74, 6) is 2.06. The lowest BCUT2D eigenvalue weighted by molar-refractivity contribution is 0.174. The molecule has 5 heteroatoms. The number of fused-ring (bicyclic) bond motifs is 2. The van der Waals surface area contributed by atoms with Crippen molar-refractivity contribution in [1.29, 1.82) is 5.26 Å². The Bertz CT molecular complexity index is 765. The maximum atomic E-state index is 9.31. The first-order valence-corrected chi connectivity index (χ1v) is 6.93. The molecule has 1 aromatic heterocycles. The van der Waals surface area contributed by atoms with Crippen LogP contribution in [0.4, 0.5) is 11.5 Å². The Labute approximate surface area is 122 Å². The number of nitrogens with one attached hydrogen (secondary N) is 1. The van der Waals surface area contributed by atoms with Gasteiger partial charge in [-0.1, -0.05) is 0 Å². The fourth-order valence-electron chi connectivity index (χ4n) is 2.76. The van der Waals surface area contributed by atoms with Crippen LogP contribution in [0.1, 0.15) is 23.2 Å². The molecule has 0 bridgehead atoms. The molecule has 4 rings (SSSR count). The third kappa shape index (κ3) is 2.05. The molecule has 1 aliphatic heterocycles. The minimum atomic E-state index is 0.249. The number of aromatic nitrogens is 1. The molecule has 0 radical (unpaired) electrons. The van der Waals surface area contributed by atoms with Gasteiger partial charge in [-0.25, -0.2) is 4.98 Å². The van der Waals surface area contributed by atoms with Gasteiger partial charge in [0.2, 0.25) is 6.79 Å². The molecular formula is C16H13N3O2. The van der Waals surface area contributed by atoms with Gasteiger partial charge in [0.25, 0.3) is 0 Å². The summed E-state index contributed by atoms with van der Waals surface area (Å²) in [5, 5.41) is 12.5. The molecule has 0 atom stereocenters. The number of aryl methyl sites for hydroxylation is 2. The van der Waals surface area contributed by atoms with E-state index in [1.165, 1.54) is 5.56 Å². The standard InChI is InChI=1S/C16H13N3O2/c17-8-11-6-10-2-1-3-13(10)19-16(11)18-12-4-5-14-15(7-12)21-9-20-14/h4-7H,1-3,9H2,(H,18,19). The highest BCUT2D eigenvalue weighted by Crippen LogP contribution is 2.35. The lowest BCUT2D eigenvalue weighted by atomic mass is 10.1. The van der Waals surface area contributed by atoms with E-state index in [1.807, 2.05) is 24.3 Å². The zero-order chi connectivity index (χ0) is 14.2. The Kier molecular flexibility index (Phi) is 2.68. The number of hydrogen-bond acceptors (Lipinski definition) is 5. The molecule has 0 fully saturated rings. The fourth-order valence-corrected chi connectivity index (χ4v) is 2.76. The van der Waals surface area contributed by atoms with Gasteiger partial charge < -0.3 is 14.8 Å². The molecule has 2 aliphatic rings. The molecule has 0 amide bonds. The topological polar surface area (TPSA) is 67.2 Å². The first-order valence-electron chi connectivity index (χ1n) is 6.93. The van der Waals surface area contributed by atoms with Crippen LogP contribution in [0.2, 0.25) is 0 Å². The van der Waals surface area contributed by atoms with Crippen molar-refractivity contribution in [1.82, 2.24) is 4.98 Å². The number of benzene rings is 1. The largest absolute Gasteiger partial charge is 0.454 e. The summed E-state index contributed by atoms with van der Waals surface area (Å²) in [6.45, 7) is 0.249. The minimum Gasteiger partial charge on any atom is -0.454 e. The highest BCUT2D eigenvalue weighted by atomic mass is 16.7. The van der Waals surface area contributed by atoms with Crippen molar-refractivity contribution in [3.05, 3.63) is 41.1 Å². The molecule has 2 aromatic rings. The number of nitrogens with zero attached hydrogens (tertiary/aromatic N) is 2. The second-order valence-electron chi connectivity index (χ2n) is 5.15. The Morgan fingerprint density at radius 1 is 1.14 bits per heavy atom. The number of pyridine rings is 1. The van der Waals surface area contributed by atoms with E-state index in [0.717, 1.165) is 36.4 Å². The van der Waals surface area contributed by atoms with Crippen molar-refractivity contribution in [2.45, 2.75) is 19.3 Å². The van der Waals surface area contributed by atoms with E-state index in [2.05, 4.69) is 16.4 Å². The van der Waals surface area contributed by atoms with Crippen molar-refractivity contribution in [3.63, 3.8) is 0 Å². The van der Waals surface area contributed by atoms with Crippen LogP contribution in [0.25, 0.3) is 0 Å². The van der Waals surface area contributed by atoms with Gasteiger partial charge >= 0.3 is 0 Å². The number of ether oxygens (including phenoxy) is 2. The summed E-state index contributed by atoms with van der Waals surface area (Å²) in [7, 11) is 0. The molecule has 2 heterocycles. The van der Waals surface area contributed by atoms with Crippen LogP contribution in [0.15, 0.2) is 24.3 Å². The Balaban J connectivity index is 1.69. The van der Waals surface area contributed by atoms with Gasteiger partial charge in [-0.05, 0) is 43.0 Å². The summed E-state index contributed by atoms with van der Waals surface area (Å²) in [5.41, 5.74) is 3.70. The summed E-state index contributed by atoms with van der Waals surface area (Å²) in [6, 6.07) is 9.77. The molecule has 1 aromatic carbocycles. The first kappa shape index (κ1) is 12.0. The second-order valence-corrected chi connectivity index (χ2v) is 5.15. The van der Waals surface area contributed by atoms with Crippen molar-refractivity contribution >= 4 is 11.5 Å².